The second kappa shape index (κ2) is 12.4. The third-order valence-electron chi connectivity index (χ3n) is 7.31. The van der Waals surface area contributed by atoms with Crippen molar-refractivity contribution in [2.75, 3.05) is 13.2 Å². The van der Waals surface area contributed by atoms with Crippen molar-refractivity contribution in [3.63, 3.8) is 0 Å². The molecule has 4 rings (SSSR count). The fourth-order valence-corrected chi connectivity index (χ4v) is 4.98. The topological polar surface area (TPSA) is 47.6 Å². The van der Waals surface area contributed by atoms with E-state index in [-0.39, 0.29) is 17.3 Å². The van der Waals surface area contributed by atoms with Crippen LogP contribution >= 0.6 is 0 Å². The predicted molar refractivity (Wildman–Crippen MR) is 146 cm³/mol. The zero-order valence-electron chi connectivity index (χ0n) is 22.2. The normalized spacial score (nSPS) is 14.8. The monoisotopic (exact) mass is 503 g/mol. The summed E-state index contributed by atoms with van der Waals surface area (Å²) in [7, 11) is 0. The number of amides is 1. The Hall–Kier alpha value is -3.18. The molecule has 0 aliphatic carbocycles. The highest BCUT2D eigenvalue weighted by molar-refractivity contribution is 5.96. The van der Waals surface area contributed by atoms with Gasteiger partial charge in [0.2, 0.25) is 0 Å². The van der Waals surface area contributed by atoms with Crippen molar-refractivity contribution in [2.45, 2.75) is 71.4 Å². The van der Waals surface area contributed by atoms with Crippen molar-refractivity contribution in [1.82, 2.24) is 5.32 Å². The van der Waals surface area contributed by atoms with Gasteiger partial charge in [-0.3, -0.25) is 4.79 Å². The maximum absolute atomic E-state index is 13.8. The summed E-state index contributed by atoms with van der Waals surface area (Å²) in [6.07, 6.45) is 4.88. The number of hydrogen-bond donors (Lipinski definition) is 1. The van der Waals surface area contributed by atoms with Crippen molar-refractivity contribution in [1.29, 1.82) is 0 Å². The van der Waals surface area contributed by atoms with Gasteiger partial charge in [-0.2, -0.15) is 0 Å². The standard InChI is InChI=1S/C32H38FNO3/c1-4-5-27-11-8-26(22-37-30-20-23(2)6-7-24(30)3)21-29(27)31(35)34-32(16-18-36-19-17-32)15-14-25-9-12-28(33)13-10-25/h6-13,20-21H,4-5,14-19,22H2,1-3H3,(H,34,35). The molecule has 1 heterocycles. The predicted octanol–water partition coefficient (Wildman–Crippen LogP) is 6.89. The van der Waals surface area contributed by atoms with Gasteiger partial charge in [0.05, 0.1) is 0 Å². The largest absolute Gasteiger partial charge is 0.489 e. The van der Waals surface area contributed by atoms with E-state index in [0.717, 1.165) is 77.7 Å². The van der Waals surface area contributed by atoms with E-state index in [9.17, 15) is 9.18 Å². The number of ether oxygens (including phenoxy) is 2. The maximum atomic E-state index is 13.8. The first kappa shape index (κ1) is 26.9. The average molecular weight is 504 g/mol. The minimum atomic E-state index is -0.349. The number of aryl methyl sites for hydroxylation is 4. The van der Waals surface area contributed by atoms with E-state index in [4.69, 9.17) is 9.47 Å². The molecule has 196 valence electrons. The fraction of sp³-hybridized carbons (Fsp3) is 0.406. The maximum Gasteiger partial charge on any atom is 0.252 e. The second-order valence-corrected chi connectivity index (χ2v) is 10.3. The Labute approximate surface area is 220 Å². The lowest BCUT2D eigenvalue weighted by molar-refractivity contribution is 0.0328. The molecule has 1 aliphatic heterocycles. The first-order valence-corrected chi connectivity index (χ1v) is 13.3. The Balaban J connectivity index is 1.52. The Morgan fingerprint density at radius 1 is 0.973 bits per heavy atom. The number of nitrogens with one attached hydrogen (secondary N) is 1. The first-order valence-electron chi connectivity index (χ1n) is 13.3. The average Bonchev–Trinajstić information content (AvgIpc) is 2.90. The Kier molecular flexibility index (Phi) is 8.99. The molecular weight excluding hydrogens is 465 g/mol. The Morgan fingerprint density at radius 3 is 2.43 bits per heavy atom. The number of carbonyl (C=O) groups excluding carboxylic acids is 1. The molecule has 0 aromatic heterocycles. The van der Waals surface area contributed by atoms with E-state index < -0.39 is 0 Å². The van der Waals surface area contributed by atoms with Crippen LogP contribution in [0.2, 0.25) is 0 Å². The first-order chi connectivity index (χ1) is 17.9. The molecule has 0 atom stereocenters. The van der Waals surface area contributed by atoms with E-state index in [1.54, 1.807) is 0 Å². The number of benzene rings is 3. The van der Waals surface area contributed by atoms with E-state index in [0.29, 0.717) is 19.8 Å². The minimum absolute atomic E-state index is 0.0435. The second-order valence-electron chi connectivity index (χ2n) is 10.3. The van der Waals surface area contributed by atoms with Gasteiger partial charge in [0.25, 0.3) is 5.91 Å². The van der Waals surface area contributed by atoms with Gasteiger partial charge in [-0.05, 0) is 98.0 Å². The van der Waals surface area contributed by atoms with E-state index in [1.807, 2.05) is 31.2 Å². The van der Waals surface area contributed by atoms with Crippen molar-refractivity contribution >= 4 is 5.91 Å². The van der Waals surface area contributed by atoms with Gasteiger partial charge in [-0.1, -0.05) is 49.7 Å². The van der Waals surface area contributed by atoms with E-state index in [1.165, 1.54) is 12.1 Å². The summed E-state index contributed by atoms with van der Waals surface area (Å²) in [6, 6.07) is 18.9. The van der Waals surface area contributed by atoms with Crippen LogP contribution in [0.1, 0.15) is 70.8 Å². The fourth-order valence-electron chi connectivity index (χ4n) is 4.98. The summed E-state index contributed by atoms with van der Waals surface area (Å²) in [5.41, 5.74) is 5.71. The lowest BCUT2D eigenvalue weighted by Crippen LogP contribution is -2.52. The third kappa shape index (κ3) is 7.20. The van der Waals surface area contributed by atoms with Crippen LogP contribution in [0.25, 0.3) is 0 Å². The summed E-state index contributed by atoms with van der Waals surface area (Å²) in [5, 5.41) is 3.41. The number of rotatable bonds is 10. The molecule has 3 aromatic carbocycles. The molecule has 4 nitrogen and oxygen atoms in total. The van der Waals surface area contributed by atoms with Crippen LogP contribution in [0.3, 0.4) is 0 Å². The van der Waals surface area contributed by atoms with E-state index in [2.05, 4.69) is 43.4 Å². The highest BCUT2D eigenvalue weighted by Gasteiger charge is 2.34. The zero-order valence-corrected chi connectivity index (χ0v) is 22.2. The number of halogens is 1. The van der Waals surface area contributed by atoms with Gasteiger partial charge >= 0.3 is 0 Å². The smallest absolute Gasteiger partial charge is 0.252 e. The zero-order chi connectivity index (χ0) is 26.3. The molecule has 1 N–H and O–H groups in total. The van der Waals surface area contributed by atoms with Crippen LogP contribution in [0, 0.1) is 19.7 Å². The van der Waals surface area contributed by atoms with Gasteiger partial charge in [0, 0.05) is 24.3 Å². The number of hydrogen-bond acceptors (Lipinski definition) is 3. The Morgan fingerprint density at radius 2 is 1.70 bits per heavy atom. The third-order valence-corrected chi connectivity index (χ3v) is 7.31. The van der Waals surface area contributed by atoms with Crippen molar-refractivity contribution in [3.8, 4) is 5.75 Å². The summed E-state index contributed by atoms with van der Waals surface area (Å²) in [5.74, 6) is 0.589. The summed E-state index contributed by atoms with van der Waals surface area (Å²) in [4.78, 5) is 13.8. The lowest BCUT2D eigenvalue weighted by atomic mass is 9.83. The molecule has 0 unspecified atom stereocenters. The molecule has 0 spiro atoms. The highest BCUT2D eigenvalue weighted by atomic mass is 19.1. The van der Waals surface area contributed by atoms with Gasteiger partial charge in [-0.15, -0.1) is 0 Å². The molecule has 3 aromatic rings. The molecule has 0 bridgehead atoms. The van der Waals surface area contributed by atoms with Gasteiger partial charge in [-0.25, -0.2) is 4.39 Å². The van der Waals surface area contributed by atoms with Gasteiger partial charge < -0.3 is 14.8 Å². The minimum Gasteiger partial charge on any atom is -0.489 e. The van der Waals surface area contributed by atoms with Crippen LogP contribution in [0.15, 0.2) is 60.7 Å². The van der Waals surface area contributed by atoms with Crippen molar-refractivity contribution < 1.29 is 18.7 Å². The SMILES string of the molecule is CCCc1ccc(COc2cc(C)ccc2C)cc1C(=O)NC1(CCc2ccc(F)cc2)CCOCC1. The summed E-state index contributed by atoms with van der Waals surface area (Å²) in [6.45, 7) is 7.86. The van der Waals surface area contributed by atoms with E-state index >= 15 is 0 Å². The highest BCUT2D eigenvalue weighted by Crippen LogP contribution is 2.28. The summed E-state index contributed by atoms with van der Waals surface area (Å²) < 4.78 is 25.1. The molecular formula is C32H38FNO3. The van der Waals surface area contributed by atoms with Crippen LogP contribution in [0.5, 0.6) is 5.75 Å². The molecule has 1 aliphatic rings. The molecule has 1 saturated heterocycles. The van der Waals surface area contributed by atoms with Crippen LogP contribution < -0.4 is 10.1 Å². The Bertz CT molecular complexity index is 1200. The van der Waals surface area contributed by atoms with Crippen LogP contribution in [-0.4, -0.2) is 24.7 Å². The summed E-state index contributed by atoms with van der Waals surface area (Å²) >= 11 is 0. The quantitative estimate of drug-likeness (QED) is 0.328. The molecule has 1 amide bonds. The molecule has 5 heteroatoms. The van der Waals surface area contributed by atoms with Gasteiger partial charge in [0.1, 0.15) is 18.2 Å². The van der Waals surface area contributed by atoms with Crippen molar-refractivity contribution in [2.24, 2.45) is 0 Å². The number of carbonyl (C=O) groups is 1. The van der Waals surface area contributed by atoms with Crippen LogP contribution in [0.4, 0.5) is 4.39 Å². The molecule has 0 saturated carbocycles. The molecule has 1 fully saturated rings. The van der Waals surface area contributed by atoms with Crippen LogP contribution in [-0.2, 0) is 24.2 Å². The lowest BCUT2D eigenvalue weighted by Gasteiger charge is -2.38. The molecule has 37 heavy (non-hydrogen) atoms. The van der Waals surface area contributed by atoms with Crippen molar-refractivity contribution in [3.05, 3.63) is 99.9 Å². The molecule has 0 radical (unpaired) electrons. The van der Waals surface area contributed by atoms with Gasteiger partial charge in [0.15, 0.2) is 0 Å².